The first-order valence-electron chi connectivity index (χ1n) is 8.12. The van der Waals surface area contributed by atoms with E-state index in [9.17, 15) is 4.79 Å². The Hall–Kier alpha value is -1.63. The van der Waals surface area contributed by atoms with E-state index in [0.29, 0.717) is 18.7 Å². The summed E-state index contributed by atoms with van der Waals surface area (Å²) in [6, 6.07) is 7.93. The van der Waals surface area contributed by atoms with Gasteiger partial charge in [0.25, 0.3) is 5.91 Å². The maximum atomic E-state index is 12.4. The van der Waals surface area contributed by atoms with E-state index in [-0.39, 0.29) is 11.9 Å². The van der Waals surface area contributed by atoms with Gasteiger partial charge < -0.3 is 16.0 Å². The van der Waals surface area contributed by atoms with Crippen molar-refractivity contribution in [2.45, 2.75) is 25.3 Å². The molecule has 7 heteroatoms. The van der Waals surface area contributed by atoms with E-state index in [4.69, 9.17) is 17.3 Å². The number of nitrogens with zero attached hydrogens (tertiary/aromatic N) is 2. The highest BCUT2D eigenvalue weighted by Crippen LogP contribution is 2.27. The van der Waals surface area contributed by atoms with E-state index in [1.807, 2.05) is 24.3 Å². The Morgan fingerprint density at radius 3 is 3.08 bits per heavy atom. The Morgan fingerprint density at radius 2 is 2.29 bits per heavy atom. The van der Waals surface area contributed by atoms with Crippen LogP contribution in [0.2, 0.25) is 5.02 Å². The minimum atomic E-state index is -0.111. The molecule has 1 saturated heterocycles. The molecular formula is C17H21ClN4OS. The van der Waals surface area contributed by atoms with Gasteiger partial charge in [-0.25, -0.2) is 4.98 Å². The summed E-state index contributed by atoms with van der Waals surface area (Å²) in [6.45, 7) is 2.26. The van der Waals surface area contributed by atoms with Crippen LogP contribution in [0.1, 0.15) is 28.3 Å². The smallest absolute Gasteiger partial charge is 0.271 e. The maximum Gasteiger partial charge on any atom is 0.271 e. The lowest BCUT2D eigenvalue weighted by Crippen LogP contribution is -2.48. The predicted octanol–water partition coefficient (Wildman–Crippen LogP) is 2.70. The Balaban J connectivity index is 1.62. The third kappa shape index (κ3) is 4.06. The van der Waals surface area contributed by atoms with E-state index in [2.05, 4.69) is 15.2 Å². The van der Waals surface area contributed by atoms with Gasteiger partial charge in [-0.15, -0.1) is 11.3 Å². The molecule has 1 fully saturated rings. The Labute approximate surface area is 150 Å². The second kappa shape index (κ2) is 7.96. The lowest BCUT2D eigenvalue weighted by molar-refractivity contribution is 0.0928. The van der Waals surface area contributed by atoms with Crippen molar-refractivity contribution in [2.75, 3.05) is 24.5 Å². The van der Waals surface area contributed by atoms with Crippen molar-refractivity contribution >= 4 is 34.5 Å². The topological polar surface area (TPSA) is 71.2 Å². The van der Waals surface area contributed by atoms with Crippen molar-refractivity contribution in [3.05, 3.63) is 45.4 Å². The average Bonchev–Trinajstić information content (AvgIpc) is 3.05. The summed E-state index contributed by atoms with van der Waals surface area (Å²) in [5.74, 6) is -0.111. The number of hydrogen-bond acceptors (Lipinski definition) is 5. The first kappa shape index (κ1) is 17.2. The lowest BCUT2D eigenvalue weighted by Gasteiger charge is -2.35. The maximum absolute atomic E-state index is 12.4. The number of nitrogens with one attached hydrogen (secondary N) is 1. The second-order valence-corrected chi connectivity index (χ2v) is 7.23. The zero-order chi connectivity index (χ0) is 16.9. The molecule has 24 heavy (non-hydrogen) atoms. The van der Waals surface area contributed by atoms with Crippen molar-refractivity contribution in [3.63, 3.8) is 0 Å². The molecule has 0 aliphatic carbocycles. The number of hydrogen-bond donors (Lipinski definition) is 2. The van der Waals surface area contributed by atoms with Crippen molar-refractivity contribution in [1.82, 2.24) is 10.3 Å². The SMILES string of the molecule is NCCc1nc(C(=O)NC2CCCN(c3ccccc3Cl)C2)cs1. The van der Waals surface area contributed by atoms with Gasteiger partial charge in [-0.05, 0) is 31.5 Å². The quantitative estimate of drug-likeness (QED) is 0.855. The van der Waals surface area contributed by atoms with E-state index in [1.165, 1.54) is 11.3 Å². The molecule has 2 aromatic rings. The van der Waals surface area contributed by atoms with Gasteiger partial charge >= 0.3 is 0 Å². The molecule has 3 rings (SSSR count). The minimum absolute atomic E-state index is 0.0992. The van der Waals surface area contributed by atoms with Gasteiger partial charge in [0.1, 0.15) is 5.69 Å². The summed E-state index contributed by atoms with van der Waals surface area (Å²) in [5, 5.41) is 6.55. The Bertz CT molecular complexity index is 705. The van der Waals surface area contributed by atoms with Crippen LogP contribution in [0.4, 0.5) is 5.69 Å². The van der Waals surface area contributed by atoms with Gasteiger partial charge in [-0.2, -0.15) is 0 Å². The van der Waals surface area contributed by atoms with Crippen LogP contribution >= 0.6 is 22.9 Å². The van der Waals surface area contributed by atoms with Gasteiger partial charge in [-0.1, -0.05) is 23.7 Å². The summed E-state index contributed by atoms with van der Waals surface area (Å²) >= 11 is 7.78. The van der Waals surface area contributed by atoms with Gasteiger partial charge in [0.15, 0.2) is 0 Å². The molecule has 1 atom stereocenters. The monoisotopic (exact) mass is 364 g/mol. The zero-order valence-electron chi connectivity index (χ0n) is 13.4. The first-order chi connectivity index (χ1) is 11.7. The van der Waals surface area contributed by atoms with E-state index >= 15 is 0 Å². The molecule has 1 aliphatic rings. The molecule has 0 bridgehead atoms. The van der Waals surface area contributed by atoms with Gasteiger partial charge in [-0.3, -0.25) is 4.79 Å². The molecule has 1 aliphatic heterocycles. The van der Waals surface area contributed by atoms with E-state index in [0.717, 1.165) is 41.6 Å². The number of aromatic nitrogens is 1. The number of carbonyl (C=O) groups is 1. The van der Waals surface area contributed by atoms with Gasteiger partial charge in [0.05, 0.1) is 15.7 Å². The van der Waals surface area contributed by atoms with Crippen LogP contribution in [0.15, 0.2) is 29.6 Å². The summed E-state index contributed by atoms with van der Waals surface area (Å²) in [6.07, 6.45) is 2.69. The minimum Gasteiger partial charge on any atom is -0.368 e. The zero-order valence-corrected chi connectivity index (χ0v) is 14.9. The van der Waals surface area contributed by atoms with Crippen LogP contribution in [0.3, 0.4) is 0 Å². The third-order valence-corrected chi connectivity index (χ3v) is 5.32. The number of piperidine rings is 1. The molecular weight excluding hydrogens is 344 g/mol. The third-order valence-electron chi connectivity index (χ3n) is 4.09. The molecule has 5 nitrogen and oxygen atoms in total. The fraction of sp³-hybridized carbons (Fsp3) is 0.412. The summed E-state index contributed by atoms with van der Waals surface area (Å²) in [4.78, 5) is 19.0. The highest BCUT2D eigenvalue weighted by atomic mass is 35.5. The molecule has 3 N–H and O–H groups in total. The molecule has 0 saturated carbocycles. The molecule has 128 valence electrons. The number of rotatable bonds is 5. The standard InChI is InChI=1S/C17H21ClN4OS/c18-13-5-1-2-6-15(13)22-9-3-4-12(10-22)20-17(23)14-11-24-16(21-14)7-8-19/h1-2,5-6,11-12H,3-4,7-10,19H2,(H,20,23). The number of carbonyl (C=O) groups excluding carboxylic acids is 1. The number of para-hydroxylation sites is 1. The van der Waals surface area contributed by atoms with E-state index < -0.39 is 0 Å². The summed E-state index contributed by atoms with van der Waals surface area (Å²) in [5.41, 5.74) is 7.04. The van der Waals surface area contributed by atoms with Crippen molar-refractivity contribution in [3.8, 4) is 0 Å². The number of benzene rings is 1. The molecule has 1 amide bonds. The van der Waals surface area contributed by atoms with Crippen LogP contribution in [0.5, 0.6) is 0 Å². The number of nitrogens with two attached hydrogens (primary N) is 1. The second-order valence-electron chi connectivity index (χ2n) is 5.88. The fourth-order valence-corrected chi connectivity index (χ4v) is 3.98. The van der Waals surface area contributed by atoms with Gasteiger partial charge in [0, 0.05) is 30.9 Å². The number of anilines is 1. The molecule has 0 radical (unpaired) electrons. The lowest BCUT2D eigenvalue weighted by atomic mass is 10.0. The normalized spacial score (nSPS) is 17.8. The highest BCUT2D eigenvalue weighted by Gasteiger charge is 2.24. The van der Waals surface area contributed by atoms with Crippen LogP contribution in [0, 0.1) is 0 Å². The van der Waals surface area contributed by atoms with Crippen LogP contribution in [0.25, 0.3) is 0 Å². The largest absolute Gasteiger partial charge is 0.368 e. The van der Waals surface area contributed by atoms with Crippen molar-refractivity contribution in [2.24, 2.45) is 5.73 Å². The van der Waals surface area contributed by atoms with Crippen LogP contribution < -0.4 is 16.0 Å². The van der Waals surface area contributed by atoms with E-state index in [1.54, 1.807) is 5.38 Å². The molecule has 1 unspecified atom stereocenters. The molecule has 1 aromatic heterocycles. The Morgan fingerprint density at radius 1 is 1.46 bits per heavy atom. The van der Waals surface area contributed by atoms with Crippen LogP contribution in [-0.4, -0.2) is 36.6 Å². The number of amides is 1. The van der Waals surface area contributed by atoms with Crippen LogP contribution in [-0.2, 0) is 6.42 Å². The fourth-order valence-electron chi connectivity index (χ4n) is 2.93. The van der Waals surface area contributed by atoms with Crippen molar-refractivity contribution in [1.29, 1.82) is 0 Å². The predicted molar refractivity (Wildman–Crippen MR) is 99.0 cm³/mol. The average molecular weight is 365 g/mol. The highest BCUT2D eigenvalue weighted by molar-refractivity contribution is 7.09. The summed E-state index contributed by atoms with van der Waals surface area (Å²) < 4.78 is 0. The molecule has 1 aromatic carbocycles. The number of halogens is 1. The van der Waals surface area contributed by atoms with Gasteiger partial charge in [0.2, 0.25) is 0 Å². The van der Waals surface area contributed by atoms with Crippen molar-refractivity contribution < 1.29 is 4.79 Å². The number of thiazole rings is 1. The summed E-state index contributed by atoms with van der Waals surface area (Å²) in [7, 11) is 0. The Kier molecular flexibility index (Phi) is 5.71. The molecule has 2 heterocycles. The molecule has 0 spiro atoms. The first-order valence-corrected chi connectivity index (χ1v) is 9.38.